The molecule has 0 radical (unpaired) electrons. The molecule has 0 aliphatic rings. The first kappa shape index (κ1) is 16.0. The van der Waals surface area contributed by atoms with Gasteiger partial charge in [-0.15, -0.1) is 0 Å². The molecule has 1 amide bonds. The highest BCUT2D eigenvalue weighted by atomic mass is 19.1. The van der Waals surface area contributed by atoms with Crippen molar-refractivity contribution in [2.45, 2.75) is 26.7 Å². The van der Waals surface area contributed by atoms with Gasteiger partial charge in [0.15, 0.2) is 0 Å². The van der Waals surface area contributed by atoms with Crippen molar-refractivity contribution >= 4 is 11.7 Å². The second-order valence-corrected chi connectivity index (χ2v) is 5.64. The van der Waals surface area contributed by atoms with Crippen LogP contribution in [-0.2, 0) is 17.6 Å². The molecule has 0 fully saturated rings. The van der Waals surface area contributed by atoms with E-state index in [1.807, 2.05) is 13.8 Å². The van der Waals surface area contributed by atoms with Gasteiger partial charge in [0.25, 0.3) is 5.78 Å². The molecule has 0 atom stereocenters. The smallest absolute Gasteiger partial charge is 0.252 e. The zero-order valence-corrected chi connectivity index (χ0v) is 13.6. The quantitative estimate of drug-likeness (QED) is 0.775. The van der Waals surface area contributed by atoms with E-state index in [0.29, 0.717) is 18.7 Å². The first-order valence-corrected chi connectivity index (χ1v) is 7.71. The number of amides is 1. The summed E-state index contributed by atoms with van der Waals surface area (Å²) in [6, 6.07) is 6.28. The first-order valence-electron chi connectivity index (χ1n) is 7.71. The normalized spacial score (nSPS) is 11.0. The van der Waals surface area contributed by atoms with Crippen molar-refractivity contribution in [3.63, 3.8) is 0 Å². The Kier molecular flexibility index (Phi) is 4.50. The average Bonchev–Trinajstić information content (AvgIpc) is 3.02. The van der Waals surface area contributed by atoms with Gasteiger partial charge in [-0.05, 0) is 38.0 Å². The Morgan fingerprint density at radius 2 is 2.00 bits per heavy atom. The summed E-state index contributed by atoms with van der Waals surface area (Å²) in [6.45, 7) is 4.27. The fraction of sp³-hybridized carbons (Fsp3) is 0.294. The van der Waals surface area contributed by atoms with Crippen molar-refractivity contribution in [3.05, 3.63) is 58.9 Å². The minimum atomic E-state index is -0.260. The van der Waals surface area contributed by atoms with E-state index in [-0.39, 0.29) is 18.1 Å². The van der Waals surface area contributed by atoms with Crippen molar-refractivity contribution in [3.8, 4) is 0 Å². The number of halogens is 1. The van der Waals surface area contributed by atoms with E-state index in [1.165, 1.54) is 18.5 Å². The van der Waals surface area contributed by atoms with Crippen molar-refractivity contribution in [2.24, 2.45) is 0 Å². The predicted molar refractivity (Wildman–Crippen MR) is 87.1 cm³/mol. The van der Waals surface area contributed by atoms with Crippen LogP contribution in [0.5, 0.6) is 0 Å². The van der Waals surface area contributed by atoms with Gasteiger partial charge >= 0.3 is 0 Å². The fourth-order valence-electron chi connectivity index (χ4n) is 2.63. The zero-order valence-electron chi connectivity index (χ0n) is 13.6. The molecular formula is C17H18FN5O. The van der Waals surface area contributed by atoms with Crippen LogP contribution in [0.2, 0.25) is 0 Å². The van der Waals surface area contributed by atoms with E-state index in [4.69, 9.17) is 0 Å². The summed E-state index contributed by atoms with van der Waals surface area (Å²) in [5, 5.41) is 7.00. The Bertz CT molecular complexity index is 873. The molecule has 124 valence electrons. The molecule has 1 aromatic carbocycles. The van der Waals surface area contributed by atoms with Gasteiger partial charge in [0.05, 0.1) is 6.42 Å². The number of rotatable bonds is 5. The van der Waals surface area contributed by atoms with Gasteiger partial charge in [-0.2, -0.15) is 10.1 Å². The van der Waals surface area contributed by atoms with Crippen LogP contribution >= 0.6 is 0 Å². The number of carbonyl (C=O) groups is 1. The topological polar surface area (TPSA) is 72.2 Å². The van der Waals surface area contributed by atoms with Crippen LogP contribution in [-0.4, -0.2) is 32.0 Å². The third-order valence-corrected chi connectivity index (χ3v) is 3.98. The number of hydrogen-bond donors (Lipinski definition) is 1. The fourth-order valence-corrected chi connectivity index (χ4v) is 2.63. The van der Waals surface area contributed by atoms with Gasteiger partial charge in [0, 0.05) is 23.5 Å². The number of benzene rings is 1. The van der Waals surface area contributed by atoms with Crippen molar-refractivity contribution in [2.75, 3.05) is 6.54 Å². The summed E-state index contributed by atoms with van der Waals surface area (Å²) >= 11 is 0. The SMILES string of the molecule is Cc1nc2ncnn2c(C)c1CC(=O)NCCc1ccc(F)cc1. The van der Waals surface area contributed by atoms with E-state index in [1.54, 1.807) is 16.6 Å². The molecule has 2 heterocycles. The van der Waals surface area contributed by atoms with E-state index in [9.17, 15) is 9.18 Å². The molecule has 0 saturated heterocycles. The zero-order chi connectivity index (χ0) is 17.1. The summed E-state index contributed by atoms with van der Waals surface area (Å²) in [4.78, 5) is 20.6. The summed E-state index contributed by atoms with van der Waals surface area (Å²) < 4.78 is 14.5. The minimum absolute atomic E-state index is 0.0791. The number of hydrogen-bond acceptors (Lipinski definition) is 4. The number of nitrogens with zero attached hydrogens (tertiary/aromatic N) is 4. The van der Waals surface area contributed by atoms with Gasteiger partial charge in [-0.3, -0.25) is 4.79 Å². The van der Waals surface area contributed by atoms with E-state index in [0.717, 1.165) is 22.5 Å². The lowest BCUT2D eigenvalue weighted by atomic mass is 10.1. The van der Waals surface area contributed by atoms with Gasteiger partial charge < -0.3 is 5.32 Å². The molecule has 0 spiro atoms. The van der Waals surface area contributed by atoms with E-state index in [2.05, 4.69) is 20.4 Å². The molecule has 7 heteroatoms. The molecule has 6 nitrogen and oxygen atoms in total. The van der Waals surface area contributed by atoms with Crippen LogP contribution in [0, 0.1) is 19.7 Å². The third-order valence-electron chi connectivity index (χ3n) is 3.98. The lowest BCUT2D eigenvalue weighted by molar-refractivity contribution is -0.120. The number of aromatic nitrogens is 4. The second-order valence-electron chi connectivity index (χ2n) is 5.64. The van der Waals surface area contributed by atoms with E-state index >= 15 is 0 Å². The van der Waals surface area contributed by atoms with Crippen molar-refractivity contribution in [1.82, 2.24) is 24.9 Å². The van der Waals surface area contributed by atoms with Crippen molar-refractivity contribution < 1.29 is 9.18 Å². The summed E-state index contributed by atoms with van der Waals surface area (Å²) in [6.07, 6.45) is 2.34. The molecule has 3 aromatic rings. The molecule has 1 N–H and O–H groups in total. The maximum atomic E-state index is 12.9. The Hall–Kier alpha value is -2.83. The Labute approximate surface area is 138 Å². The van der Waals surface area contributed by atoms with Crippen LogP contribution < -0.4 is 5.32 Å². The molecule has 3 rings (SSSR count). The number of aryl methyl sites for hydroxylation is 2. The lowest BCUT2D eigenvalue weighted by Crippen LogP contribution is -2.28. The molecule has 0 aliphatic heterocycles. The molecule has 24 heavy (non-hydrogen) atoms. The lowest BCUT2D eigenvalue weighted by Gasteiger charge is -2.11. The summed E-state index contributed by atoms with van der Waals surface area (Å²) in [5.41, 5.74) is 3.48. The van der Waals surface area contributed by atoms with Gasteiger partial charge in [-0.1, -0.05) is 12.1 Å². The average molecular weight is 327 g/mol. The van der Waals surface area contributed by atoms with Crippen LogP contribution in [0.25, 0.3) is 5.78 Å². The number of nitrogens with one attached hydrogen (secondary N) is 1. The summed E-state index contributed by atoms with van der Waals surface area (Å²) in [7, 11) is 0. The van der Waals surface area contributed by atoms with Crippen LogP contribution in [0.3, 0.4) is 0 Å². The third kappa shape index (κ3) is 3.40. The highest BCUT2D eigenvalue weighted by Crippen LogP contribution is 2.13. The predicted octanol–water partition coefficient (Wildman–Crippen LogP) is 1.78. The molecular weight excluding hydrogens is 309 g/mol. The van der Waals surface area contributed by atoms with Gasteiger partial charge in [-0.25, -0.2) is 13.9 Å². The van der Waals surface area contributed by atoms with Gasteiger partial charge in [0.2, 0.25) is 5.91 Å². The highest BCUT2D eigenvalue weighted by molar-refractivity contribution is 5.79. The Balaban J connectivity index is 1.61. The molecule has 0 bridgehead atoms. The summed E-state index contributed by atoms with van der Waals surface area (Å²) in [5.74, 6) is 0.194. The Morgan fingerprint density at radius 3 is 2.75 bits per heavy atom. The van der Waals surface area contributed by atoms with E-state index < -0.39 is 0 Å². The molecule has 0 unspecified atom stereocenters. The van der Waals surface area contributed by atoms with Gasteiger partial charge in [0.1, 0.15) is 12.1 Å². The largest absolute Gasteiger partial charge is 0.355 e. The van der Waals surface area contributed by atoms with Crippen LogP contribution in [0.15, 0.2) is 30.6 Å². The maximum absolute atomic E-state index is 12.9. The van der Waals surface area contributed by atoms with Crippen LogP contribution in [0.1, 0.15) is 22.5 Å². The molecule has 0 aliphatic carbocycles. The number of carbonyl (C=O) groups excluding carboxylic acids is 1. The molecule has 2 aromatic heterocycles. The monoisotopic (exact) mass is 327 g/mol. The first-order chi connectivity index (χ1) is 11.5. The minimum Gasteiger partial charge on any atom is -0.355 e. The Morgan fingerprint density at radius 1 is 1.25 bits per heavy atom. The standard InChI is InChI=1S/C17H18FN5O/c1-11-15(12(2)23-17(22-11)20-10-21-23)9-16(24)19-8-7-13-3-5-14(18)6-4-13/h3-6,10H,7-9H2,1-2H3,(H,19,24). The highest BCUT2D eigenvalue weighted by Gasteiger charge is 2.14. The maximum Gasteiger partial charge on any atom is 0.252 e. The van der Waals surface area contributed by atoms with Crippen molar-refractivity contribution in [1.29, 1.82) is 0 Å². The second kappa shape index (κ2) is 6.74. The molecule has 0 saturated carbocycles. The number of fused-ring (bicyclic) bond motifs is 1. The van der Waals surface area contributed by atoms with Crippen LogP contribution in [0.4, 0.5) is 4.39 Å².